The fraction of sp³-hybridized carbons (Fsp3) is 0.192. The second-order valence-electron chi connectivity index (χ2n) is 8.88. The summed E-state index contributed by atoms with van der Waals surface area (Å²) >= 11 is 0. The molecule has 8 nitrogen and oxygen atoms in total. The van der Waals surface area contributed by atoms with E-state index in [0.717, 1.165) is 22.2 Å². The van der Waals surface area contributed by atoms with Gasteiger partial charge in [0.1, 0.15) is 4.90 Å². The van der Waals surface area contributed by atoms with Crippen LogP contribution in [-0.2, 0) is 16.6 Å². The molecule has 3 aromatic heterocycles. The van der Waals surface area contributed by atoms with Gasteiger partial charge in [-0.05, 0) is 55.0 Å². The van der Waals surface area contributed by atoms with E-state index in [9.17, 15) is 8.42 Å². The number of pyridine rings is 1. The molecule has 0 atom stereocenters. The molecule has 1 aliphatic rings. The highest BCUT2D eigenvalue weighted by Gasteiger charge is 2.24. The Hall–Kier alpha value is -3.98. The number of benzene rings is 2. The topological polar surface area (TPSA) is 94.7 Å². The van der Waals surface area contributed by atoms with E-state index < -0.39 is 10.0 Å². The first-order valence-corrected chi connectivity index (χ1v) is 13.0. The van der Waals surface area contributed by atoms with Gasteiger partial charge in [0.25, 0.3) is 10.0 Å². The smallest absolute Gasteiger partial charge is 0.265 e. The van der Waals surface area contributed by atoms with Gasteiger partial charge in [-0.3, -0.25) is 9.40 Å². The zero-order chi connectivity index (χ0) is 24.0. The Morgan fingerprint density at radius 1 is 1.00 bits per heavy atom. The number of aromatic nitrogens is 5. The van der Waals surface area contributed by atoms with Gasteiger partial charge in [-0.25, -0.2) is 18.1 Å². The SMILES string of the molecule is Cc1nn(Cc2ccccc2)c2cccc(NS(=O)(=O)c3cnn(-c4ccc(C5CC5)cn4)c3)c12. The molecule has 35 heavy (non-hydrogen) atoms. The summed E-state index contributed by atoms with van der Waals surface area (Å²) in [6.07, 6.45) is 7.07. The molecule has 5 aromatic rings. The predicted molar refractivity (Wildman–Crippen MR) is 134 cm³/mol. The molecule has 176 valence electrons. The Morgan fingerprint density at radius 2 is 1.83 bits per heavy atom. The number of aryl methyl sites for hydroxylation is 1. The summed E-state index contributed by atoms with van der Waals surface area (Å²) < 4.78 is 32.6. The molecule has 1 aliphatic carbocycles. The average molecular weight is 485 g/mol. The van der Waals surface area contributed by atoms with E-state index in [2.05, 4.69) is 19.9 Å². The van der Waals surface area contributed by atoms with Crippen molar-refractivity contribution in [1.29, 1.82) is 0 Å². The van der Waals surface area contributed by atoms with Crippen LogP contribution in [-0.4, -0.2) is 33.0 Å². The highest BCUT2D eigenvalue weighted by atomic mass is 32.2. The van der Waals surface area contributed by atoms with Crippen LogP contribution in [0.5, 0.6) is 0 Å². The largest absolute Gasteiger partial charge is 0.279 e. The standard InChI is InChI=1S/C26H24N6O2S/c1-18-26-23(8-5-9-24(26)31(29-18)16-19-6-3-2-4-7-19)30-35(33,34)22-15-28-32(17-22)25-13-12-21(14-27-25)20-10-11-20/h2-9,12-15,17,20,30H,10-11,16H2,1H3. The lowest BCUT2D eigenvalue weighted by molar-refractivity contribution is 0.601. The van der Waals surface area contributed by atoms with Crippen molar-refractivity contribution >= 4 is 26.6 Å². The van der Waals surface area contributed by atoms with E-state index in [-0.39, 0.29) is 4.90 Å². The summed E-state index contributed by atoms with van der Waals surface area (Å²) in [5.74, 6) is 1.19. The first-order valence-electron chi connectivity index (χ1n) is 11.5. The van der Waals surface area contributed by atoms with Crippen molar-refractivity contribution in [3.63, 3.8) is 0 Å². The molecular formula is C26H24N6O2S. The summed E-state index contributed by atoms with van der Waals surface area (Å²) in [5, 5.41) is 9.68. The lowest BCUT2D eigenvalue weighted by Gasteiger charge is -2.09. The van der Waals surface area contributed by atoms with Crippen molar-refractivity contribution in [2.45, 2.75) is 37.1 Å². The minimum absolute atomic E-state index is 0.0666. The van der Waals surface area contributed by atoms with E-state index in [4.69, 9.17) is 0 Å². The van der Waals surface area contributed by atoms with Crippen LogP contribution < -0.4 is 4.72 Å². The van der Waals surface area contributed by atoms with Crippen molar-refractivity contribution in [2.24, 2.45) is 0 Å². The monoisotopic (exact) mass is 484 g/mol. The third-order valence-electron chi connectivity index (χ3n) is 6.30. The highest BCUT2D eigenvalue weighted by molar-refractivity contribution is 7.92. The van der Waals surface area contributed by atoms with Gasteiger partial charge in [0.15, 0.2) is 5.82 Å². The predicted octanol–water partition coefficient (Wildman–Crippen LogP) is 4.65. The summed E-state index contributed by atoms with van der Waals surface area (Å²) in [7, 11) is -3.87. The maximum atomic E-state index is 13.2. The Labute approximate surface area is 203 Å². The highest BCUT2D eigenvalue weighted by Crippen LogP contribution is 2.39. The maximum Gasteiger partial charge on any atom is 0.265 e. The zero-order valence-corrected chi connectivity index (χ0v) is 20.0. The molecule has 9 heteroatoms. The third kappa shape index (κ3) is 4.19. The lowest BCUT2D eigenvalue weighted by atomic mass is 10.2. The summed E-state index contributed by atoms with van der Waals surface area (Å²) in [5.41, 5.74) is 4.44. The number of nitrogens with one attached hydrogen (secondary N) is 1. The van der Waals surface area contributed by atoms with Gasteiger partial charge in [0, 0.05) is 11.6 Å². The number of nitrogens with zero attached hydrogens (tertiary/aromatic N) is 5. The average Bonchev–Trinajstić information content (AvgIpc) is 3.49. The van der Waals surface area contributed by atoms with Crippen LogP contribution in [0.25, 0.3) is 16.7 Å². The molecule has 0 unspecified atom stereocenters. The molecule has 1 saturated carbocycles. The van der Waals surface area contributed by atoms with Gasteiger partial charge in [-0.2, -0.15) is 10.2 Å². The van der Waals surface area contributed by atoms with E-state index in [1.165, 1.54) is 35.5 Å². The molecule has 3 heterocycles. The quantitative estimate of drug-likeness (QED) is 0.363. The Kier molecular flexibility index (Phi) is 5.14. The van der Waals surface area contributed by atoms with E-state index in [1.807, 2.05) is 72.4 Å². The minimum Gasteiger partial charge on any atom is -0.279 e. The third-order valence-corrected chi connectivity index (χ3v) is 7.62. The van der Waals surface area contributed by atoms with Gasteiger partial charge in [-0.15, -0.1) is 0 Å². The fourth-order valence-corrected chi connectivity index (χ4v) is 5.35. The number of fused-ring (bicyclic) bond motifs is 1. The molecule has 1 fully saturated rings. The van der Waals surface area contributed by atoms with Crippen molar-refractivity contribution in [3.05, 3.63) is 96.1 Å². The summed E-state index contributed by atoms with van der Waals surface area (Å²) in [6, 6.07) is 19.5. The van der Waals surface area contributed by atoms with Crippen molar-refractivity contribution in [3.8, 4) is 5.82 Å². The second kappa shape index (κ2) is 8.35. The van der Waals surface area contributed by atoms with Crippen LogP contribution in [0, 0.1) is 6.92 Å². The van der Waals surface area contributed by atoms with Crippen molar-refractivity contribution in [2.75, 3.05) is 4.72 Å². The molecule has 0 radical (unpaired) electrons. The normalized spacial score (nSPS) is 13.9. The van der Waals surface area contributed by atoms with Crippen LogP contribution in [0.3, 0.4) is 0 Å². The van der Waals surface area contributed by atoms with E-state index >= 15 is 0 Å². The molecule has 0 aliphatic heterocycles. The molecule has 1 N–H and O–H groups in total. The first-order chi connectivity index (χ1) is 17.0. The van der Waals surface area contributed by atoms with Gasteiger partial charge in [0.05, 0.1) is 35.8 Å². The number of anilines is 1. The van der Waals surface area contributed by atoms with Gasteiger partial charge in [0.2, 0.25) is 0 Å². The molecule has 0 spiro atoms. The van der Waals surface area contributed by atoms with Crippen LogP contribution in [0.15, 0.2) is 84.1 Å². The molecule has 0 bridgehead atoms. The zero-order valence-electron chi connectivity index (χ0n) is 19.2. The molecular weight excluding hydrogens is 460 g/mol. The van der Waals surface area contributed by atoms with Crippen molar-refractivity contribution in [1.82, 2.24) is 24.5 Å². The number of hydrogen-bond acceptors (Lipinski definition) is 5. The Balaban J connectivity index is 1.28. The fourth-order valence-electron chi connectivity index (χ4n) is 4.35. The second-order valence-corrected chi connectivity index (χ2v) is 10.6. The molecule has 6 rings (SSSR count). The first kappa shape index (κ1) is 21.5. The van der Waals surface area contributed by atoms with Gasteiger partial charge >= 0.3 is 0 Å². The van der Waals surface area contributed by atoms with Crippen LogP contribution in [0.1, 0.15) is 35.6 Å². The number of rotatable bonds is 7. The van der Waals surface area contributed by atoms with Crippen LogP contribution in [0.2, 0.25) is 0 Å². The Bertz CT molecular complexity index is 1620. The lowest BCUT2D eigenvalue weighted by Crippen LogP contribution is -2.12. The minimum atomic E-state index is -3.87. The van der Waals surface area contributed by atoms with Gasteiger partial charge in [-0.1, -0.05) is 42.5 Å². The number of sulfonamides is 1. The van der Waals surface area contributed by atoms with Crippen molar-refractivity contribution < 1.29 is 8.42 Å². The summed E-state index contributed by atoms with van der Waals surface area (Å²) in [4.78, 5) is 4.52. The van der Waals surface area contributed by atoms with E-state index in [1.54, 1.807) is 6.07 Å². The van der Waals surface area contributed by atoms with Gasteiger partial charge < -0.3 is 0 Å². The van der Waals surface area contributed by atoms with Crippen LogP contribution >= 0.6 is 0 Å². The maximum absolute atomic E-state index is 13.2. The summed E-state index contributed by atoms with van der Waals surface area (Å²) in [6.45, 7) is 2.48. The molecule has 0 amide bonds. The number of hydrogen-bond donors (Lipinski definition) is 1. The molecule has 0 saturated heterocycles. The molecule has 2 aromatic carbocycles. The van der Waals surface area contributed by atoms with E-state index in [0.29, 0.717) is 24.0 Å². The Morgan fingerprint density at radius 3 is 2.57 bits per heavy atom. The van der Waals surface area contributed by atoms with Crippen LogP contribution in [0.4, 0.5) is 5.69 Å².